The minimum absolute atomic E-state index is 0.0962. The van der Waals surface area contributed by atoms with Gasteiger partial charge in [0.05, 0.1) is 5.75 Å². The van der Waals surface area contributed by atoms with Crippen molar-refractivity contribution in [3.8, 4) is 0 Å². The van der Waals surface area contributed by atoms with E-state index in [1.165, 1.54) is 11.8 Å². The molecule has 1 N–H and O–H groups in total. The molecule has 1 heterocycles. The maximum Gasteiger partial charge on any atom is 0.255 e. The average molecular weight is 442 g/mol. The molecule has 0 radical (unpaired) electrons. The van der Waals surface area contributed by atoms with E-state index in [1.807, 2.05) is 97.9 Å². The molecule has 3 aromatic carbocycles. The van der Waals surface area contributed by atoms with Gasteiger partial charge in [-0.3, -0.25) is 14.5 Å². The highest BCUT2D eigenvalue weighted by Crippen LogP contribution is 2.26. The quantitative estimate of drug-likeness (QED) is 0.319. The third kappa shape index (κ3) is 5.15. The van der Waals surface area contributed by atoms with Crippen molar-refractivity contribution in [3.05, 3.63) is 118 Å². The molecule has 6 heteroatoms. The van der Waals surface area contributed by atoms with Gasteiger partial charge in [0, 0.05) is 29.1 Å². The number of carbonyl (C=O) groups is 1. The Bertz CT molecular complexity index is 1200. The zero-order chi connectivity index (χ0) is 22.3. The van der Waals surface area contributed by atoms with Crippen LogP contribution in [0.4, 0.5) is 11.4 Å². The summed E-state index contributed by atoms with van der Waals surface area (Å²) in [5.41, 5.74) is 3.79. The molecule has 0 saturated heterocycles. The number of para-hydroxylation sites is 2. The van der Waals surface area contributed by atoms with E-state index in [1.54, 1.807) is 4.90 Å². The Labute approximate surface area is 191 Å². The van der Waals surface area contributed by atoms with Crippen molar-refractivity contribution in [2.45, 2.75) is 18.5 Å². The predicted octanol–water partition coefficient (Wildman–Crippen LogP) is 5.13. The Morgan fingerprint density at radius 2 is 1.41 bits per heavy atom. The van der Waals surface area contributed by atoms with Gasteiger partial charge >= 0.3 is 0 Å². The fraction of sp³-hybridized carbons (Fsp3) is 0.115. The first-order chi connectivity index (χ1) is 15.6. The second-order valence-electron chi connectivity index (χ2n) is 7.29. The highest BCUT2D eigenvalue weighted by molar-refractivity contribution is 7.99. The van der Waals surface area contributed by atoms with Crippen molar-refractivity contribution in [1.82, 2.24) is 9.97 Å². The van der Waals surface area contributed by atoms with Gasteiger partial charge in [-0.15, -0.1) is 0 Å². The van der Waals surface area contributed by atoms with E-state index >= 15 is 0 Å². The van der Waals surface area contributed by atoms with Crippen LogP contribution in [0.5, 0.6) is 0 Å². The summed E-state index contributed by atoms with van der Waals surface area (Å²) >= 11 is 1.23. The Balaban J connectivity index is 1.52. The summed E-state index contributed by atoms with van der Waals surface area (Å²) in [6, 6.07) is 28.9. The molecule has 0 fully saturated rings. The van der Waals surface area contributed by atoms with Gasteiger partial charge in [0.25, 0.3) is 5.56 Å². The lowest BCUT2D eigenvalue weighted by Crippen LogP contribution is -2.28. The van der Waals surface area contributed by atoms with Crippen molar-refractivity contribution >= 4 is 29.0 Å². The number of rotatable bonds is 7. The summed E-state index contributed by atoms with van der Waals surface area (Å²) in [5.74, 6) is 0.0468. The minimum Gasteiger partial charge on any atom is -0.301 e. The summed E-state index contributed by atoms with van der Waals surface area (Å²) in [6.07, 6.45) is 0.522. The summed E-state index contributed by atoms with van der Waals surface area (Å²) in [7, 11) is 0. The summed E-state index contributed by atoms with van der Waals surface area (Å²) in [6.45, 7) is 1.83. The van der Waals surface area contributed by atoms with Gasteiger partial charge in [0.1, 0.15) is 0 Å². The molecule has 0 saturated carbocycles. The number of hydrogen-bond acceptors (Lipinski definition) is 4. The number of carbonyl (C=O) groups excluding carboxylic acids is 1. The number of anilines is 2. The first-order valence-corrected chi connectivity index (χ1v) is 11.3. The zero-order valence-corrected chi connectivity index (χ0v) is 18.5. The molecule has 4 rings (SSSR count). The second-order valence-corrected chi connectivity index (χ2v) is 8.25. The SMILES string of the molecule is Cc1nc(SCC(=O)N(c2ccccc2)c2ccccc2)[nH]c(=O)c1Cc1ccccc1. The van der Waals surface area contributed by atoms with E-state index in [-0.39, 0.29) is 17.2 Å². The van der Waals surface area contributed by atoms with Crippen molar-refractivity contribution in [1.29, 1.82) is 0 Å². The molecule has 0 spiro atoms. The monoisotopic (exact) mass is 441 g/mol. The van der Waals surface area contributed by atoms with E-state index in [9.17, 15) is 9.59 Å². The average Bonchev–Trinajstić information content (AvgIpc) is 2.82. The van der Waals surface area contributed by atoms with Crippen LogP contribution in [-0.2, 0) is 11.2 Å². The van der Waals surface area contributed by atoms with Gasteiger partial charge in [-0.25, -0.2) is 4.98 Å². The second kappa shape index (κ2) is 10.1. The molecule has 1 aromatic heterocycles. The number of amides is 1. The van der Waals surface area contributed by atoms with Crippen molar-refractivity contribution in [2.24, 2.45) is 0 Å². The number of aryl methyl sites for hydroxylation is 1. The lowest BCUT2D eigenvalue weighted by molar-refractivity contribution is -0.115. The summed E-state index contributed by atoms with van der Waals surface area (Å²) < 4.78 is 0. The van der Waals surface area contributed by atoms with Crippen LogP contribution < -0.4 is 10.5 Å². The van der Waals surface area contributed by atoms with Crippen LogP contribution in [0.1, 0.15) is 16.8 Å². The first-order valence-electron chi connectivity index (χ1n) is 10.3. The van der Waals surface area contributed by atoms with E-state index in [0.717, 1.165) is 16.9 Å². The van der Waals surface area contributed by atoms with Crippen molar-refractivity contribution in [2.75, 3.05) is 10.7 Å². The molecule has 5 nitrogen and oxygen atoms in total. The fourth-order valence-electron chi connectivity index (χ4n) is 3.45. The predicted molar refractivity (Wildman–Crippen MR) is 130 cm³/mol. The van der Waals surface area contributed by atoms with Gasteiger partial charge in [0.2, 0.25) is 5.91 Å². The summed E-state index contributed by atoms with van der Waals surface area (Å²) in [4.78, 5) is 34.9. The van der Waals surface area contributed by atoms with Gasteiger partial charge in [-0.2, -0.15) is 0 Å². The first kappa shape index (κ1) is 21.6. The van der Waals surface area contributed by atoms with Crippen LogP contribution in [0.25, 0.3) is 0 Å². The molecular formula is C26H23N3O2S. The minimum atomic E-state index is -0.167. The van der Waals surface area contributed by atoms with E-state index in [2.05, 4.69) is 9.97 Å². The highest BCUT2D eigenvalue weighted by atomic mass is 32.2. The van der Waals surface area contributed by atoms with Crippen LogP contribution >= 0.6 is 11.8 Å². The van der Waals surface area contributed by atoms with E-state index in [0.29, 0.717) is 22.8 Å². The van der Waals surface area contributed by atoms with Crippen LogP contribution in [0.15, 0.2) is 101 Å². The Hall–Kier alpha value is -3.64. The number of hydrogen-bond donors (Lipinski definition) is 1. The zero-order valence-electron chi connectivity index (χ0n) is 17.7. The molecule has 1 amide bonds. The molecular weight excluding hydrogens is 418 g/mol. The van der Waals surface area contributed by atoms with Crippen molar-refractivity contribution < 1.29 is 4.79 Å². The lowest BCUT2D eigenvalue weighted by atomic mass is 10.1. The highest BCUT2D eigenvalue weighted by Gasteiger charge is 2.19. The van der Waals surface area contributed by atoms with E-state index in [4.69, 9.17) is 0 Å². The van der Waals surface area contributed by atoms with Crippen LogP contribution in [0, 0.1) is 6.92 Å². The van der Waals surface area contributed by atoms with Crippen LogP contribution in [0.2, 0.25) is 0 Å². The normalized spacial score (nSPS) is 10.7. The molecule has 4 aromatic rings. The lowest BCUT2D eigenvalue weighted by Gasteiger charge is -2.22. The molecule has 0 aliphatic heterocycles. The maximum absolute atomic E-state index is 13.2. The van der Waals surface area contributed by atoms with Gasteiger partial charge in [-0.1, -0.05) is 78.5 Å². The fourth-order valence-corrected chi connectivity index (χ4v) is 4.20. The van der Waals surface area contributed by atoms with Crippen LogP contribution in [0.3, 0.4) is 0 Å². The largest absolute Gasteiger partial charge is 0.301 e. The molecule has 32 heavy (non-hydrogen) atoms. The van der Waals surface area contributed by atoms with Gasteiger partial charge in [-0.05, 0) is 36.8 Å². The molecule has 0 atom stereocenters. The molecule has 0 aliphatic rings. The third-order valence-corrected chi connectivity index (χ3v) is 5.89. The Morgan fingerprint density at radius 1 is 0.875 bits per heavy atom. The Morgan fingerprint density at radius 3 is 1.94 bits per heavy atom. The number of aromatic amines is 1. The summed E-state index contributed by atoms with van der Waals surface area (Å²) in [5, 5.41) is 0.443. The Kier molecular flexibility index (Phi) is 6.82. The molecule has 0 aliphatic carbocycles. The van der Waals surface area contributed by atoms with Crippen LogP contribution in [-0.4, -0.2) is 21.6 Å². The number of benzene rings is 3. The molecule has 160 valence electrons. The van der Waals surface area contributed by atoms with E-state index < -0.39 is 0 Å². The van der Waals surface area contributed by atoms with Gasteiger partial charge < -0.3 is 4.98 Å². The standard InChI is InChI=1S/C26H23N3O2S/c1-19-23(17-20-11-5-2-6-12-20)25(31)28-26(27-19)32-18-24(30)29(21-13-7-3-8-14-21)22-15-9-4-10-16-22/h2-16H,17-18H2,1H3,(H,27,28,31). The number of aromatic nitrogens is 2. The number of nitrogens with one attached hydrogen (secondary N) is 1. The van der Waals surface area contributed by atoms with Crippen molar-refractivity contribution in [3.63, 3.8) is 0 Å². The van der Waals surface area contributed by atoms with Gasteiger partial charge in [0.15, 0.2) is 5.16 Å². The number of nitrogens with zero attached hydrogens (tertiary/aromatic N) is 2. The molecule has 0 unspecified atom stereocenters. The number of thioether (sulfide) groups is 1. The number of H-pyrrole nitrogens is 1. The topological polar surface area (TPSA) is 66.1 Å². The third-order valence-electron chi connectivity index (χ3n) is 5.03. The smallest absolute Gasteiger partial charge is 0.255 e. The molecule has 0 bridgehead atoms. The maximum atomic E-state index is 13.2.